The topological polar surface area (TPSA) is 41.5 Å². The highest BCUT2D eigenvalue weighted by atomic mass is 19.4. The van der Waals surface area contributed by atoms with Crippen molar-refractivity contribution in [1.82, 2.24) is 5.32 Å². The number of ether oxygens (including phenoxy) is 1. The summed E-state index contributed by atoms with van der Waals surface area (Å²) >= 11 is 0. The highest BCUT2D eigenvalue weighted by molar-refractivity contribution is 5.13. The number of aliphatic hydroxyl groups excluding tert-OH is 1. The van der Waals surface area contributed by atoms with Gasteiger partial charge in [-0.2, -0.15) is 13.2 Å². The van der Waals surface area contributed by atoms with Crippen molar-refractivity contribution in [3.05, 3.63) is 35.9 Å². The second-order valence-corrected chi connectivity index (χ2v) is 4.93. The smallest absolute Gasteiger partial charge is 0.389 e. The van der Waals surface area contributed by atoms with Gasteiger partial charge in [0.1, 0.15) is 0 Å². The zero-order chi connectivity index (χ0) is 15.6. The molecule has 0 bridgehead atoms. The molecule has 1 atom stereocenters. The fourth-order valence-corrected chi connectivity index (χ4v) is 1.79. The summed E-state index contributed by atoms with van der Waals surface area (Å²) in [4.78, 5) is 0. The van der Waals surface area contributed by atoms with Gasteiger partial charge in [0.05, 0.1) is 19.3 Å². The minimum Gasteiger partial charge on any atom is -0.389 e. The number of halogens is 3. The molecule has 1 aromatic carbocycles. The van der Waals surface area contributed by atoms with E-state index in [1.807, 2.05) is 30.3 Å². The van der Waals surface area contributed by atoms with Crippen LogP contribution in [0.4, 0.5) is 13.2 Å². The van der Waals surface area contributed by atoms with Crippen molar-refractivity contribution in [3.63, 3.8) is 0 Å². The SMILES string of the molecule is OC(CNCCCCC(F)(F)F)COCc1ccccc1. The van der Waals surface area contributed by atoms with E-state index in [0.29, 0.717) is 26.1 Å². The maximum atomic E-state index is 11.9. The monoisotopic (exact) mass is 305 g/mol. The Morgan fingerprint density at radius 1 is 1.14 bits per heavy atom. The van der Waals surface area contributed by atoms with Crippen LogP contribution in [0, 0.1) is 0 Å². The second-order valence-electron chi connectivity index (χ2n) is 4.93. The van der Waals surface area contributed by atoms with Gasteiger partial charge in [-0.3, -0.25) is 0 Å². The predicted octanol–water partition coefficient (Wildman–Crippen LogP) is 2.89. The van der Waals surface area contributed by atoms with Crippen molar-refractivity contribution in [2.45, 2.75) is 38.1 Å². The summed E-state index contributed by atoms with van der Waals surface area (Å²) in [6.07, 6.45) is -4.94. The van der Waals surface area contributed by atoms with Crippen molar-refractivity contribution < 1.29 is 23.0 Å². The van der Waals surface area contributed by atoms with Gasteiger partial charge in [0.15, 0.2) is 0 Å². The first-order valence-electron chi connectivity index (χ1n) is 7.04. The molecule has 0 aromatic heterocycles. The van der Waals surface area contributed by atoms with Crippen molar-refractivity contribution in [3.8, 4) is 0 Å². The Morgan fingerprint density at radius 2 is 1.86 bits per heavy atom. The summed E-state index contributed by atoms with van der Waals surface area (Å²) in [6, 6.07) is 9.62. The Hall–Kier alpha value is -1.11. The zero-order valence-electron chi connectivity index (χ0n) is 11.9. The van der Waals surface area contributed by atoms with E-state index < -0.39 is 18.7 Å². The Labute approximate surface area is 123 Å². The highest BCUT2D eigenvalue weighted by Crippen LogP contribution is 2.21. The minimum absolute atomic E-state index is 0.108. The summed E-state index contributed by atoms with van der Waals surface area (Å²) in [5.74, 6) is 0. The Kier molecular flexibility index (Phi) is 8.34. The molecule has 0 saturated carbocycles. The molecular weight excluding hydrogens is 283 g/mol. The molecule has 0 saturated heterocycles. The molecule has 0 aliphatic rings. The van der Waals surface area contributed by atoms with Gasteiger partial charge in [0, 0.05) is 13.0 Å². The largest absolute Gasteiger partial charge is 0.389 e. The van der Waals surface area contributed by atoms with Crippen molar-refractivity contribution in [2.24, 2.45) is 0 Å². The maximum absolute atomic E-state index is 11.9. The average molecular weight is 305 g/mol. The molecule has 21 heavy (non-hydrogen) atoms. The molecule has 0 aliphatic carbocycles. The van der Waals surface area contributed by atoms with E-state index >= 15 is 0 Å². The van der Waals surface area contributed by atoms with E-state index in [-0.39, 0.29) is 13.0 Å². The number of aliphatic hydroxyl groups is 1. The number of hydrogen-bond acceptors (Lipinski definition) is 3. The molecule has 1 aromatic rings. The Morgan fingerprint density at radius 3 is 2.52 bits per heavy atom. The van der Waals surface area contributed by atoms with Gasteiger partial charge in [0.2, 0.25) is 0 Å². The molecule has 120 valence electrons. The molecule has 1 unspecified atom stereocenters. The van der Waals surface area contributed by atoms with Crippen molar-refractivity contribution in [2.75, 3.05) is 19.7 Å². The molecule has 1 rings (SSSR count). The Balaban J connectivity index is 1.95. The zero-order valence-corrected chi connectivity index (χ0v) is 11.9. The van der Waals surface area contributed by atoms with Crippen LogP contribution in [-0.4, -0.2) is 37.1 Å². The lowest BCUT2D eigenvalue weighted by Crippen LogP contribution is -2.31. The van der Waals surface area contributed by atoms with E-state index in [4.69, 9.17) is 4.74 Å². The number of rotatable bonds is 10. The number of unbranched alkanes of at least 4 members (excludes halogenated alkanes) is 1. The van der Waals surface area contributed by atoms with Gasteiger partial charge in [0.25, 0.3) is 0 Å². The van der Waals surface area contributed by atoms with Gasteiger partial charge in [-0.1, -0.05) is 30.3 Å². The van der Waals surface area contributed by atoms with Gasteiger partial charge in [-0.05, 0) is 24.9 Å². The molecule has 0 radical (unpaired) electrons. The van der Waals surface area contributed by atoms with Crippen molar-refractivity contribution >= 4 is 0 Å². The van der Waals surface area contributed by atoms with E-state index in [1.54, 1.807) is 0 Å². The molecule has 6 heteroatoms. The number of alkyl halides is 3. The first-order valence-corrected chi connectivity index (χ1v) is 7.04. The highest BCUT2D eigenvalue weighted by Gasteiger charge is 2.25. The first-order chi connectivity index (χ1) is 9.97. The molecule has 0 amide bonds. The van der Waals surface area contributed by atoms with E-state index in [9.17, 15) is 18.3 Å². The first kappa shape index (κ1) is 17.9. The fourth-order valence-electron chi connectivity index (χ4n) is 1.79. The fraction of sp³-hybridized carbons (Fsp3) is 0.600. The van der Waals surface area contributed by atoms with Gasteiger partial charge >= 0.3 is 6.18 Å². The number of nitrogens with one attached hydrogen (secondary N) is 1. The summed E-state index contributed by atoms with van der Waals surface area (Å²) in [5.41, 5.74) is 1.03. The van der Waals surface area contributed by atoms with Crippen LogP contribution in [0.2, 0.25) is 0 Å². The quantitative estimate of drug-likeness (QED) is 0.653. The van der Waals surface area contributed by atoms with Crippen LogP contribution in [0.5, 0.6) is 0 Å². The molecule has 0 fully saturated rings. The van der Waals surface area contributed by atoms with Crippen LogP contribution in [0.1, 0.15) is 24.8 Å². The maximum Gasteiger partial charge on any atom is 0.389 e. The summed E-state index contributed by atoms with van der Waals surface area (Å²) in [7, 11) is 0. The lowest BCUT2D eigenvalue weighted by Gasteiger charge is -2.12. The van der Waals surface area contributed by atoms with Crippen LogP contribution >= 0.6 is 0 Å². The van der Waals surface area contributed by atoms with Crippen molar-refractivity contribution in [1.29, 1.82) is 0 Å². The number of hydrogen-bond donors (Lipinski definition) is 2. The summed E-state index contributed by atoms with van der Waals surface area (Å²) in [5, 5.41) is 12.6. The summed E-state index contributed by atoms with van der Waals surface area (Å²) < 4.78 is 41.1. The average Bonchev–Trinajstić information content (AvgIpc) is 2.43. The molecule has 0 heterocycles. The normalized spacial score (nSPS) is 13.3. The molecular formula is C15H22F3NO2. The lowest BCUT2D eigenvalue weighted by molar-refractivity contribution is -0.135. The minimum atomic E-state index is -4.08. The molecule has 3 nitrogen and oxygen atoms in total. The molecule has 0 aliphatic heterocycles. The van der Waals surface area contributed by atoms with Gasteiger partial charge < -0.3 is 15.2 Å². The van der Waals surface area contributed by atoms with E-state index in [1.165, 1.54) is 0 Å². The third-order valence-corrected chi connectivity index (χ3v) is 2.87. The second kappa shape index (κ2) is 9.76. The van der Waals surface area contributed by atoms with Crippen LogP contribution in [0.3, 0.4) is 0 Å². The van der Waals surface area contributed by atoms with E-state index in [2.05, 4.69) is 5.32 Å². The molecule has 0 spiro atoms. The third-order valence-electron chi connectivity index (χ3n) is 2.87. The van der Waals surface area contributed by atoms with Crippen LogP contribution < -0.4 is 5.32 Å². The Bertz CT molecular complexity index is 371. The standard InChI is InChI=1S/C15H22F3NO2/c16-15(17,18)8-4-5-9-19-10-14(20)12-21-11-13-6-2-1-3-7-13/h1-3,6-7,14,19-20H,4-5,8-12H2. The number of benzene rings is 1. The predicted molar refractivity (Wildman–Crippen MR) is 74.9 cm³/mol. The van der Waals surface area contributed by atoms with E-state index in [0.717, 1.165) is 5.56 Å². The van der Waals surface area contributed by atoms with Gasteiger partial charge in [-0.25, -0.2) is 0 Å². The third kappa shape index (κ3) is 10.3. The van der Waals surface area contributed by atoms with Gasteiger partial charge in [-0.15, -0.1) is 0 Å². The molecule has 2 N–H and O–H groups in total. The van der Waals surface area contributed by atoms with Crippen LogP contribution in [-0.2, 0) is 11.3 Å². The van der Waals surface area contributed by atoms with Crippen LogP contribution in [0.15, 0.2) is 30.3 Å². The summed E-state index contributed by atoms with van der Waals surface area (Å²) in [6.45, 7) is 1.42. The van der Waals surface area contributed by atoms with Crippen LogP contribution in [0.25, 0.3) is 0 Å². The lowest BCUT2D eigenvalue weighted by atomic mass is 10.2.